The second kappa shape index (κ2) is 14.4. The first-order valence-electron chi connectivity index (χ1n) is 11.7. The molecule has 1 aromatic rings. The third kappa shape index (κ3) is 7.91. The summed E-state index contributed by atoms with van der Waals surface area (Å²) in [7, 11) is 1.32. The van der Waals surface area contributed by atoms with E-state index in [2.05, 4.69) is 18.5 Å². The van der Waals surface area contributed by atoms with E-state index in [1.807, 2.05) is 0 Å². The summed E-state index contributed by atoms with van der Waals surface area (Å²) in [5, 5.41) is 12.5. The molecule has 0 saturated carbocycles. The molecule has 36 heavy (non-hydrogen) atoms. The van der Waals surface area contributed by atoms with Gasteiger partial charge in [-0.15, -0.1) is 13.2 Å². The zero-order chi connectivity index (χ0) is 26.7. The van der Waals surface area contributed by atoms with Crippen LogP contribution in [0, 0.1) is 11.8 Å². The van der Waals surface area contributed by atoms with E-state index in [0.29, 0.717) is 18.5 Å². The van der Waals surface area contributed by atoms with Gasteiger partial charge in [-0.3, -0.25) is 14.9 Å². The fourth-order valence-corrected chi connectivity index (χ4v) is 3.60. The van der Waals surface area contributed by atoms with Crippen molar-refractivity contribution in [1.82, 2.24) is 0 Å². The number of aliphatic hydroxyl groups is 1. The smallest absolute Gasteiger partial charge is 0.412 e. The minimum absolute atomic E-state index is 0.333. The Bertz CT molecular complexity index is 891. The molecule has 1 heterocycles. The molecule has 1 amide bonds. The van der Waals surface area contributed by atoms with E-state index >= 15 is 0 Å². The van der Waals surface area contributed by atoms with Gasteiger partial charge in [-0.05, 0) is 25.0 Å². The summed E-state index contributed by atoms with van der Waals surface area (Å²) in [5.41, 5.74) is 0.462. The van der Waals surface area contributed by atoms with Gasteiger partial charge in [0.25, 0.3) is 0 Å². The maximum Gasteiger partial charge on any atom is 0.412 e. The summed E-state index contributed by atoms with van der Waals surface area (Å²) >= 11 is 0. The first-order chi connectivity index (χ1) is 17.2. The number of nitrogens with one attached hydrogen (secondary N) is 1. The molecule has 2 N–H and O–H groups in total. The topological polar surface area (TPSA) is 130 Å². The lowest BCUT2D eigenvalue weighted by Gasteiger charge is -2.44. The van der Waals surface area contributed by atoms with Crippen LogP contribution in [0.15, 0.2) is 55.6 Å². The van der Waals surface area contributed by atoms with Crippen LogP contribution in [0.3, 0.4) is 0 Å². The second-order valence-electron chi connectivity index (χ2n) is 8.48. The highest BCUT2D eigenvalue weighted by atomic mass is 16.7. The Balaban J connectivity index is 2.38. The molecule has 0 aromatic heterocycles. The molecule has 1 saturated heterocycles. The zero-order valence-electron chi connectivity index (χ0n) is 20.8. The average molecular weight is 506 g/mol. The molecule has 10 heteroatoms. The molecule has 0 bridgehead atoms. The number of hydrogen-bond donors (Lipinski definition) is 2. The summed E-state index contributed by atoms with van der Waals surface area (Å²) in [6.45, 7) is 9.96. The SMILES string of the molecule is C=CC[C@@H](C)C(=O)O[C@@H]1[C@H](OC(=O)[C@H](C)CC=C)[C@@H](OC)O[C@H](CO)[C@H]1OC(=O)Nc1ccccc1. The third-order valence-corrected chi connectivity index (χ3v) is 5.62. The molecule has 1 fully saturated rings. The lowest BCUT2D eigenvalue weighted by Crippen LogP contribution is -2.63. The van der Waals surface area contributed by atoms with Gasteiger partial charge < -0.3 is 28.8 Å². The third-order valence-electron chi connectivity index (χ3n) is 5.62. The Hall–Kier alpha value is -3.21. The number of carbonyl (C=O) groups is 3. The van der Waals surface area contributed by atoms with E-state index in [0.717, 1.165) is 0 Å². The van der Waals surface area contributed by atoms with Crippen molar-refractivity contribution in [2.24, 2.45) is 11.8 Å². The Kier molecular flexibility index (Phi) is 11.6. The van der Waals surface area contributed by atoms with Crippen LogP contribution < -0.4 is 5.32 Å². The van der Waals surface area contributed by atoms with Gasteiger partial charge in [0.05, 0.1) is 18.4 Å². The number of esters is 2. The predicted octanol–water partition coefficient (Wildman–Crippen LogP) is 3.22. The molecular formula is C26H35NO9. The number of anilines is 1. The number of hydrogen-bond acceptors (Lipinski definition) is 9. The monoisotopic (exact) mass is 505 g/mol. The second-order valence-corrected chi connectivity index (χ2v) is 8.48. The van der Waals surface area contributed by atoms with Gasteiger partial charge in [0.2, 0.25) is 0 Å². The van der Waals surface area contributed by atoms with Crippen molar-refractivity contribution in [3.8, 4) is 0 Å². The van der Waals surface area contributed by atoms with Crippen LogP contribution in [0.1, 0.15) is 26.7 Å². The molecule has 7 atom stereocenters. The van der Waals surface area contributed by atoms with Crippen molar-refractivity contribution < 1.29 is 43.2 Å². The molecule has 198 valence electrons. The summed E-state index contributed by atoms with van der Waals surface area (Å²) in [6, 6.07) is 8.55. The predicted molar refractivity (Wildman–Crippen MR) is 131 cm³/mol. The molecule has 0 spiro atoms. The summed E-state index contributed by atoms with van der Waals surface area (Å²) in [4.78, 5) is 38.3. The van der Waals surface area contributed by atoms with Crippen LogP contribution in [-0.4, -0.2) is 67.6 Å². The molecule has 10 nitrogen and oxygen atoms in total. The maximum atomic E-state index is 12.9. The van der Waals surface area contributed by atoms with Crippen molar-refractivity contribution in [3.63, 3.8) is 0 Å². The molecule has 1 aliphatic rings. The van der Waals surface area contributed by atoms with E-state index in [1.54, 1.807) is 56.3 Å². The van der Waals surface area contributed by atoms with Crippen LogP contribution in [-0.2, 0) is 33.3 Å². The van der Waals surface area contributed by atoms with Gasteiger partial charge >= 0.3 is 18.0 Å². The standard InChI is InChI=1S/C26H35NO9/c1-6-11-16(3)23(29)34-21-20(36-26(31)27-18-13-9-8-10-14-18)19(15-28)33-25(32-5)22(21)35-24(30)17(4)12-7-2/h6-10,13-14,16-17,19-22,25,28H,1-2,11-12,15H2,3-5H3,(H,27,31)/t16-,17-,19-,20-,21+,22+,25+/m1/s1. The minimum atomic E-state index is -1.33. The lowest BCUT2D eigenvalue weighted by molar-refractivity contribution is -0.300. The number of allylic oxidation sites excluding steroid dienone is 2. The molecule has 0 aliphatic carbocycles. The number of aliphatic hydroxyl groups excluding tert-OH is 1. The normalized spacial score (nSPS) is 25.1. The van der Waals surface area contributed by atoms with Crippen LogP contribution >= 0.6 is 0 Å². The van der Waals surface area contributed by atoms with Gasteiger partial charge in [-0.2, -0.15) is 0 Å². The van der Waals surface area contributed by atoms with Gasteiger partial charge in [-0.1, -0.05) is 44.2 Å². The Morgan fingerprint density at radius 2 is 1.53 bits per heavy atom. The quantitative estimate of drug-likeness (QED) is 0.250. The zero-order valence-corrected chi connectivity index (χ0v) is 20.8. The number of rotatable bonds is 12. The van der Waals surface area contributed by atoms with Gasteiger partial charge in [0.15, 0.2) is 24.6 Å². The van der Waals surface area contributed by atoms with Crippen LogP contribution in [0.2, 0.25) is 0 Å². The fraction of sp³-hybridized carbons (Fsp3) is 0.500. The summed E-state index contributed by atoms with van der Waals surface area (Å²) < 4.78 is 28.0. The van der Waals surface area contributed by atoms with E-state index in [1.165, 1.54) is 7.11 Å². The van der Waals surface area contributed by atoms with Crippen LogP contribution in [0.4, 0.5) is 10.5 Å². The number of amides is 1. The number of methoxy groups -OCH3 is 1. The minimum Gasteiger partial charge on any atom is -0.454 e. The maximum absolute atomic E-state index is 12.9. The van der Waals surface area contributed by atoms with Gasteiger partial charge in [0.1, 0.15) is 6.10 Å². The Morgan fingerprint density at radius 3 is 2.03 bits per heavy atom. The number of ether oxygens (including phenoxy) is 5. The lowest BCUT2D eigenvalue weighted by atomic mass is 9.97. The van der Waals surface area contributed by atoms with Crippen LogP contribution in [0.5, 0.6) is 0 Å². The van der Waals surface area contributed by atoms with E-state index < -0.39 is 67.2 Å². The van der Waals surface area contributed by atoms with E-state index in [4.69, 9.17) is 23.7 Å². The Morgan fingerprint density at radius 1 is 0.972 bits per heavy atom. The van der Waals surface area contributed by atoms with E-state index in [-0.39, 0.29) is 0 Å². The van der Waals surface area contributed by atoms with Crippen LogP contribution in [0.25, 0.3) is 0 Å². The highest BCUT2D eigenvalue weighted by Gasteiger charge is 2.53. The highest BCUT2D eigenvalue weighted by molar-refractivity contribution is 5.84. The number of para-hydroxylation sites is 1. The van der Waals surface area contributed by atoms with Crippen molar-refractivity contribution in [2.45, 2.75) is 57.4 Å². The van der Waals surface area contributed by atoms with Gasteiger partial charge in [0, 0.05) is 12.8 Å². The summed E-state index contributed by atoms with van der Waals surface area (Å²) in [6.07, 6.45) is -3.33. The molecule has 1 aliphatic heterocycles. The van der Waals surface area contributed by atoms with E-state index in [9.17, 15) is 19.5 Å². The molecule has 0 radical (unpaired) electrons. The fourth-order valence-electron chi connectivity index (χ4n) is 3.60. The highest BCUT2D eigenvalue weighted by Crippen LogP contribution is 2.30. The number of benzene rings is 1. The van der Waals surface area contributed by atoms with Crippen molar-refractivity contribution >= 4 is 23.7 Å². The average Bonchev–Trinajstić information content (AvgIpc) is 2.86. The molecule has 1 aromatic carbocycles. The molecule has 0 unspecified atom stereocenters. The number of carbonyl (C=O) groups excluding carboxylic acids is 3. The summed E-state index contributed by atoms with van der Waals surface area (Å²) in [5.74, 6) is -2.37. The molecule has 2 rings (SSSR count). The van der Waals surface area contributed by atoms with Gasteiger partial charge in [-0.25, -0.2) is 4.79 Å². The van der Waals surface area contributed by atoms with Crippen molar-refractivity contribution in [1.29, 1.82) is 0 Å². The first-order valence-corrected chi connectivity index (χ1v) is 11.7. The largest absolute Gasteiger partial charge is 0.454 e. The van der Waals surface area contributed by atoms with Crippen molar-refractivity contribution in [2.75, 3.05) is 19.0 Å². The molecular weight excluding hydrogens is 470 g/mol. The van der Waals surface area contributed by atoms with Crippen molar-refractivity contribution in [3.05, 3.63) is 55.6 Å². The first kappa shape index (κ1) is 29.0. The Labute approximate surface area is 211 Å².